The molecule has 0 N–H and O–H groups in total. The van der Waals surface area contributed by atoms with Crippen molar-refractivity contribution in [1.82, 2.24) is 0 Å². The summed E-state index contributed by atoms with van der Waals surface area (Å²) in [6.07, 6.45) is 59.0. The van der Waals surface area contributed by atoms with Crippen LogP contribution in [0.3, 0.4) is 0 Å². The fourth-order valence-electron chi connectivity index (χ4n) is 8.06. The lowest BCUT2D eigenvalue weighted by Gasteiger charge is -2.18. The first-order valence-corrected chi connectivity index (χ1v) is 27.3. The van der Waals surface area contributed by atoms with Crippen LogP contribution in [0.5, 0.6) is 0 Å². The van der Waals surface area contributed by atoms with E-state index < -0.39 is 6.10 Å². The zero-order chi connectivity index (χ0) is 45.1. The Labute approximate surface area is 385 Å². The van der Waals surface area contributed by atoms with E-state index in [2.05, 4.69) is 45.1 Å². The Bertz CT molecular complexity index is 1000. The van der Waals surface area contributed by atoms with Gasteiger partial charge in [0.2, 0.25) is 0 Å². The summed E-state index contributed by atoms with van der Waals surface area (Å²) < 4.78 is 16.8. The molecule has 0 radical (unpaired) electrons. The van der Waals surface area contributed by atoms with Crippen LogP contribution >= 0.6 is 0 Å². The molecule has 0 amide bonds. The second-order valence-electron chi connectivity index (χ2n) is 18.5. The van der Waals surface area contributed by atoms with E-state index >= 15 is 0 Å². The van der Waals surface area contributed by atoms with Gasteiger partial charge >= 0.3 is 17.9 Å². The zero-order valence-electron chi connectivity index (χ0n) is 41.7. The third-order valence-electron chi connectivity index (χ3n) is 12.2. The third-order valence-corrected chi connectivity index (χ3v) is 12.2. The number of unbranched alkanes of at least 4 members (excludes halogenated alkanes) is 35. The highest BCUT2D eigenvalue weighted by atomic mass is 16.6. The van der Waals surface area contributed by atoms with Gasteiger partial charge in [0, 0.05) is 19.3 Å². The first-order chi connectivity index (χ1) is 30.5. The molecule has 0 spiro atoms. The minimum Gasteiger partial charge on any atom is -0.462 e. The molecule has 0 aromatic heterocycles. The number of hydrogen-bond donors (Lipinski definition) is 0. The van der Waals surface area contributed by atoms with Crippen LogP contribution in [0.1, 0.15) is 297 Å². The minimum atomic E-state index is -0.771. The molecule has 0 heterocycles. The maximum atomic E-state index is 12.8. The monoisotopic (exact) mass is 873 g/mol. The summed E-state index contributed by atoms with van der Waals surface area (Å²) in [5, 5.41) is 0. The number of allylic oxidation sites excluding steroid dienone is 4. The van der Waals surface area contributed by atoms with E-state index in [0.29, 0.717) is 19.3 Å². The minimum absolute atomic E-state index is 0.0726. The predicted octanol–water partition coefficient (Wildman–Crippen LogP) is 17.9. The van der Waals surface area contributed by atoms with Crippen molar-refractivity contribution in [3.8, 4) is 0 Å². The number of carbonyl (C=O) groups excluding carboxylic acids is 3. The van der Waals surface area contributed by atoms with Gasteiger partial charge in [-0.1, -0.05) is 251 Å². The Balaban J connectivity index is 4.17. The lowest BCUT2D eigenvalue weighted by molar-refractivity contribution is -0.167. The molecule has 0 fully saturated rings. The van der Waals surface area contributed by atoms with E-state index in [1.807, 2.05) is 0 Å². The molecule has 0 aliphatic heterocycles. The highest BCUT2D eigenvalue weighted by Crippen LogP contribution is 2.17. The summed E-state index contributed by atoms with van der Waals surface area (Å²) in [6, 6.07) is 0. The van der Waals surface area contributed by atoms with Gasteiger partial charge < -0.3 is 14.2 Å². The molecular formula is C56H104O6. The largest absolute Gasteiger partial charge is 0.462 e. The van der Waals surface area contributed by atoms with Gasteiger partial charge in [0.1, 0.15) is 13.2 Å². The van der Waals surface area contributed by atoms with E-state index in [1.165, 1.54) is 180 Å². The normalized spacial score (nSPS) is 12.1. The SMILES string of the molecule is CCCCCC/C=C\C/C=C\CCCCCCCC(=O)OC(COC(=O)CCCCCCCCC)COC(=O)CCCCCCCCCCCCCCCCCCCCCCC. The maximum absolute atomic E-state index is 12.8. The number of esters is 3. The molecule has 6 nitrogen and oxygen atoms in total. The van der Waals surface area contributed by atoms with Crippen LogP contribution in [0, 0.1) is 0 Å². The fourth-order valence-corrected chi connectivity index (χ4v) is 8.06. The van der Waals surface area contributed by atoms with Crippen molar-refractivity contribution in [2.24, 2.45) is 0 Å². The van der Waals surface area contributed by atoms with Crippen molar-refractivity contribution in [1.29, 1.82) is 0 Å². The molecule has 0 aliphatic carbocycles. The van der Waals surface area contributed by atoms with Crippen LogP contribution < -0.4 is 0 Å². The van der Waals surface area contributed by atoms with Crippen LogP contribution in [0.25, 0.3) is 0 Å². The Morgan fingerprint density at radius 1 is 0.323 bits per heavy atom. The molecular weight excluding hydrogens is 769 g/mol. The Morgan fingerprint density at radius 2 is 0.581 bits per heavy atom. The first kappa shape index (κ1) is 59.9. The third kappa shape index (κ3) is 48.9. The van der Waals surface area contributed by atoms with E-state index in [4.69, 9.17) is 14.2 Å². The molecule has 0 saturated heterocycles. The van der Waals surface area contributed by atoms with Crippen LogP contribution in [-0.2, 0) is 28.6 Å². The van der Waals surface area contributed by atoms with Gasteiger partial charge in [-0.05, 0) is 51.4 Å². The van der Waals surface area contributed by atoms with Crippen molar-refractivity contribution >= 4 is 17.9 Å². The second-order valence-corrected chi connectivity index (χ2v) is 18.5. The van der Waals surface area contributed by atoms with Crippen LogP contribution in [0.2, 0.25) is 0 Å². The van der Waals surface area contributed by atoms with E-state index in [9.17, 15) is 14.4 Å². The Kier molecular flexibility index (Phi) is 49.8. The van der Waals surface area contributed by atoms with Crippen molar-refractivity contribution in [3.63, 3.8) is 0 Å². The van der Waals surface area contributed by atoms with Crippen molar-refractivity contribution < 1.29 is 28.6 Å². The summed E-state index contributed by atoms with van der Waals surface area (Å²) >= 11 is 0. The lowest BCUT2D eigenvalue weighted by atomic mass is 10.0. The summed E-state index contributed by atoms with van der Waals surface area (Å²) in [4.78, 5) is 37.8. The molecule has 62 heavy (non-hydrogen) atoms. The van der Waals surface area contributed by atoms with Gasteiger partial charge in [-0.3, -0.25) is 14.4 Å². The van der Waals surface area contributed by atoms with E-state index in [1.54, 1.807) is 0 Å². The van der Waals surface area contributed by atoms with Crippen molar-refractivity contribution in [2.45, 2.75) is 303 Å². The molecule has 0 bridgehead atoms. The molecule has 0 aliphatic rings. The van der Waals surface area contributed by atoms with E-state index in [0.717, 1.165) is 77.0 Å². The van der Waals surface area contributed by atoms with Crippen LogP contribution in [0.15, 0.2) is 24.3 Å². The Hall–Kier alpha value is -2.11. The predicted molar refractivity (Wildman–Crippen MR) is 266 cm³/mol. The molecule has 0 aromatic rings. The Morgan fingerprint density at radius 3 is 0.903 bits per heavy atom. The highest BCUT2D eigenvalue weighted by Gasteiger charge is 2.19. The van der Waals surface area contributed by atoms with Gasteiger partial charge in [0.05, 0.1) is 0 Å². The number of carbonyl (C=O) groups is 3. The van der Waals surface area contributed by atoms with Gasteiger partial charge in [0.25, 0.3) is 0 Å². The maximum Gasteiger partial charge on any atom is 0.306 e. The molecule has 0 saturated carbocycles. The quantitative estimate of drug-likeness (QED) is 0.0262. The van der Waals surface area contributed by atoms with Gasteiger partial charge in [-0.25, -0.2) is 0 Å². The fraction of sp³-hybridized carbons (Fsp3) is 0.875. The smallest absolute Gasteiger partial charge is 0.306 e. The van der Waals surface area contributed by atoms with Crippen LogP contribution in [-0.4, -0.2) is 37.2 Å². The summed E-state index contributed by atoms with van der Waals surface area (Å²) in [7, 11) is 0. The average molecular weight is 873 g/mol. The molecule has 0 rings (SSSR count). The molecule has 6 heteroatoms. The van der Waals surface area contributed by atoms with Gasteiger partial charge in [-0.15, -0.1) is 0 Å². The van der Waals surface area contributed by atoms with Crippen molar-refractivity contribution in [3.05, 3.63) is 24.3 Å². The summed E-state index contributed by atoms with van der Waals surface area (Å²) in [5.74, 6) is -0.878. The molecule has 1 unspecified atom stereocenters. The van der Waals surface area contributed by atoms with Crippen LogP contribution in [0.4, 0.5) is 0 Å². The molecule has 0 aromatic carbocycles. The summed E-state index contributed by atoms with van der Waals surface area (Å²) in [6.45, 7) is 6.60. The van der Waals surface area contributed by atoms with E-state index in [-0.39, 0.29) is 31.1 Å². The number of rotatable bonds is 50. The standard InChI is InChI=1S/C56H104O6/c1-4-7-10-13-16-18-20-22-24-26-27-28-29-30-32-33-35-37-40-43-46-49-55(58)61-52-53(51-60-54(57)48-45-42-39-15-12-9-6-3)62-56(59)50-47-44-41-38-36-34-31-25-23-21-19-17-14-11-8-5-2/h19,21,25,31,53H,4-18,20,22-24,26-30,32-52H2,1-3H3/b21-19-,31-25-. The van der Waals surface area contributed by atoms with Gasteiger partial charge in [-0.2, -0.15) is 0 Å². The summed E-state index contributed by atoms with van der Waals surface area (Å²) in [5.41, 5.74) is 0. The topological polar surface area (TPSA) is 78.9 Å². The average Bonchev–Trinajstić information content (AvgIpc) is 3.27. The number of hydrogen-bond acceptors (Lipinski definition) is 6. The highest BCUT2D eigenvalue weighted by molar-refractivity contribution is 5.71. The molecule has 364 valence electrons. The number of ether oxygens (including phenoxy) is 3. The first-order valence-electron chi connectivity index (χ1n) is 27.3. The van der Waals surface area contributed by atoms with Crippen molar-refractivity contribution in [2.75, 3.05) is 13.2 Å². The van der Waals surface area contributed by atoms with Gasteiger partial charge in [0.15, 0.2) is 6.10 Å². The second kappa shape index (κ2) is 51.5. The lowest BCUT2D eigenvalue weighted by Crippen LogP contribution is -2.30. The zero-order valence-corrected chi connectivity index (χ0v) is 41.7. The molecule has 1 atom stereocenters.